The lowest BCUT2D eigenvalue weighted by Gasteiger charge is -2.34. The monoisotopic (exact) mass is 324 g/mol. The smallest absolute Gasteiger partial charge is 0.306 e. The number of hydrogen-bond acceptors (Lipinski definition) is 4. The average Bonchev–Trinajstić information content (AvgIpc) is 2.98. The lowest BCUT2D eigenvalue weighted by molar-refractivity contribution is -0.141. The summed E-state index contributed by atoms with van der Waals surface area (Å²) in [6.45, 7) is 8.21. The number of carbonyl (C=O) groups excluding carboxylic acids is 2. The van der Waals surface area contributed by atoms with Crippen LogP contribution in [0.2, 0.25) is 18.1 Å². The highest BCUT2D eigenvalue weighted by molar-refractivity contribution is 6.73. The third kappa shape index (κ3) is 3.51. The number of esters is 1. The van der Waals surface area contributed by atoms with E-state index in [-0.39, 0.29) is 35.8 Å². The van der Waals surface area contributed by atoms with Crippen molar-refractivity contribution in [1.82, 2.24) is 0 Å². The molecule has 1 heterocycles. The summed E-state index contributed by atoms with van der Waals surface area (Å²) in [6, 6.07) is 3.32. The predicted molar refractivity (Wildman–Crippen MR) is 88.0 cm³/mol. The maximum Gasteiger partial charge on any atom is 0.306 e. The Hall–Kier alpha value is -0.943. The Bertz CT molecular complexity index is 447. The Morgan fingerprint density at radius 3 is 2.50 bits per heavy atom. The molecule has 4 atom stereocenters. The van der Waals surface area contributed by atoms with Crippen LogP contribution in [0.1, 0.15) is 40.5 Å². The van der Waals surface area contributed by atoms with Gasteiger partial charge < -0.3 is 9.16 Å². The van der Waals surface area contributed by atoms with Crippen LogP contribution in [-0.4, -0.2) is 32.3 Å². The van der Waals surface area contributed by atoms with Crippen LogP contribution < -0.4 is 0 Å². The van der Waals surface area contributed by atoms with Crippen molar-refractivity contribution in [2.75, 3.05) is 0 Å². The molecule has 2 aliphatic rings. The van der Waals surface area contributed by atoms with Crippen LogP contribution in [0.4, 0.5) is 0 Å². The van der Waals surface area contributed by atoms with Gasteiger partial charge in [0, 0.05) is 18.3 Å². The van der Waals surface area contributed by atoms with Gasteiger partial charge in [0.25, 0.3) is 0 Å². The molecule has 2 fully saturated rings. The van der Waals surface area contributed by atoms with E-state index in [1.807, 2.05) is 6.08 Å². The third-order valence-electron chi connectivity index (χ3n) is 5.44. The normalized spacial score (nSPS) is 31.5. The summed E-state index contributed by atoms with van der Waals surface area (Å²) < 4.78 is 12.1. The van der Waals surface area contributed by atoms with Crippen molar-refractivity contribution < 1.29 is 18.8 Å². The Kier molecular flexibility index (Phi) is 5.61. The standard InChI is InChI=1S/C17H28O4Si/c1-5-22(6-2,7-3)21-16-11-15-14(10-17(19)20-15)13(16)9-8-12(4)18/h8-9,13-16H,5-7,10-11H2,1-4H3/b9-8+/t13-,14-,15?,16-/m1/s1. The number of ketones is 1. The maximum absolute atomic E-state index is 11.6. The summed E-state index contributed by atoms with van der Waals surface area (Å²) in [5.74, 6) is 0.222. The summed E-state index contributed by atoms with van der Waals surface area (Å²) in [5.41, 5.74) is 0. The quantitative estimate of drug-likeness (QED) is 0.409. The molecular weight excluding hydrogens is 296 g/mol. The molecule has 124 valence electrons. The van der Waals surface area contributed by atoms with Crippen LogP contribution in [0.15, 0.2) is 12.2 Å². The first-order valence-electron chi connectivity index (χ1n) is 8.50. The Labute approximate surface area is 134 Å². The van der Waals surface area contributed by atoms with E-state index in [4.69, 9.17) is 9.16 Å². The van der Waals surface area contributed by atoms with Gasteiger partial charge >= 0.3 is 5.97 Å². The molecule has 0 amide bonds. The largest absolute Gasteiger partial charge is 0.462 e. The fourth-order valence-electron chi connectivity index (χ4n) is 3.86. The SMILES string of the molecule is CC[Si](CC)(CC)O[C@@H]1CC2OC(=O)C[C@@H]2[C@H]1/C=C/C(C)=O. The summed E-state index contributed by atoms with van der Waals surface area (Å²) in [5, 5.41) is 0. The summed E-state index contributed by atoms with van der Waals surface area (Å²) >= 11 is 0. The van der Waals surface area contributed by atoms with E-state index in [1.54, 1.807) is 13.0 Å². The van der Waals surface area contributed by atoms with Gasteiger partial charge in [-0.3, -0.25) is 9.59 Å². The van der Waals surface area contributed by atoms with E-state index in [1.165, 1.54) is 0 Å². The molecule has 5 heteroatoms. The number of allylic oxidation sites excluding steroid dienone is 1. The van der Waals surface area contributed by atoms with Gasteiger partial charge in [-0.1, -0.05) is 26.8 Å². The number of fused-ring (bicyclic) bond motifs is 1. The maximum atomic E-state index is 11.6. The summed E-state index contributed by atoms with van der Waals surface area (Å²) in [4.78, 5) is 22.9. The average molecular weight is 324 g/mol. The second-order valence-electron chi connectivity index (χ2n) is 6.58. The molecule has 0 aromatic rings. The van der Waals surface area contributed by atoms with Gasteiger partial charge in [-0.2, -0.15) is 0 Å². The molecule has 1 aliphatic carbocycles. The summed E-state index contributed by atoms with van der Waals surface area (Å²) in [6.07, 6.45) is 4.87. The van der Waals surface area contributed by atoms with Crippen molar-refractivity contribution in [2.45, 2.75) is 70.9 Å². The van der Waals surface area contributed by atoms with Crippen molar-refractivity contribution in [3.05, 3.63) is 12.2 Å². The van der Waals surface area contributed by atoms with Crippen molar-refractivity contribution in [3.8, 4) is 0 Å². The number of hydrogen-bond donors (Lipinski definition) is 0. The number of rotatable bonds is 7. The van der Waals surface area contributed by atoms with E-state index in [0.717, 1.165) is 24.6 Å². The lowest BCUT2D eigenvalue weighted by Crippen LogP contribution is -2.41. The fourth-order valence-corrected chi connectivity index (χ4v) is 6.75. The molecule has 0 bridgehead atoms. The molecule has 0 aromatic carbocycles. The van der Waals surface area contributed by atoms with E-state index >= 15 is 0 Å². The molecule has 22 heavy (non-hydrogen) atoms. The summed E-state index contributed by atoms with van der Waals surface area (Å²) in [7, 11) is -1.70. The van der Waals surface area contributed by atoms with Gasteiger partial charge in [0.15, 0.2) is 14.1 Å². The lowest BCUT2D eigenvalue weighted by atomic mass is 9.91. The molecule has 0 radical (unpaired) electrons. The van der Waals surface area contributed by atoms with E-state index in [9.17, 15) is 9.59 Å². The zero-order valence-electron chi connectivity index (χ0n) is 14.1. The molecule has 1 saturated heterocycles. The molecule has 1 aliphatic heterocycles. The van der Waals surface area contributed by atoms with Gasteiger partial charge in [-0.25, -0.2) is 0 Å². The number of carbonyl (C=O) groups is 2. The first-order valence-corrected chi connectivity index (χ1v) is 11.0. The van der Waals surface area contributed by atoms with Crippen LogP contribution >= 0.6 is 0 Å². The minimum Gasteiger partial charge on any atom is -0.462 e. The number of ether oxygens (including phenoxy) is 1. The van der Waals surface area contributed by atoms with Gasteiger partial charge in [-0.05, 0) is 31.1 Å². The van der Waals surface area contributed by atoms with Gasteiger partial charge in [0.05, 0.1) is 12.5 Å². The van der Waals surface area contributed by atoms with Gasteiger partial charge in [0.2, 0.25) is 0 Å². The molecule has 4 nitrogen and oxygen atoms in total. The molecule has 0 N–H and O–H groups in total. The van der Waals surface area contributed by atoms with E-state index in [2.05, 4.69) is 20.8 Å². The van der Waals surface area contributed by atoms with Crippen LogP contribution in [-0.2, 0) is 18.8 Å². The molecule has 1 saturated carbocycles. The molecule has 0 spiro atoms. The van der Waals surface area contributed by atoms with Crippen LogP contribution in [0, 0.1) is 11.8 Å². The van der Waals surface area contributed by atoms with Crippen molar-refractivity contribution in [3.63, 3.8) is 0 Å². The predicted octanol–water partition coefficient (Wildman–Crippen LogP) is 3.47. The van der Waals surface area contributed by atoms with Gasteiger partial charge in [0.1, 0.15) is 6.10 Å². The van der Waals surface area contributed by atoms with Gasteiger partial charge in [-0.15, -0.1) is 0 Å². The fraction of sp³-hybridized carbons (Fsp3) is 0.765. The van der Waals surface area contributed by atoms with E-state index < -0.39 is 8.32 Å². The Morgan fingerprint density at radius 1 is 1.32 bits per heavy atom. The third-order valence-corrected chi connectivity index (χ3v) is 10.1. The zero-order chi connectivity index (χ0) is 16.3. The highest BCUT2D eigenvalue weighted by Gasteiger charge is 2.51. The molecular formula is C17H28O4Si. The minimum absolute atomic E-state index is 0.0311. The molecule has 1 unspecified atom stereocenters. The van der Waals surface area contributed by atoms with E-state index in [0.29, 0.717) is 6.42 Å². The highest BCUT2D eigenvalue weighted by Crippen LogP contribution is 2.45. The van der Waals surface area contributed by atoms with Crippen molar-refractivity contribution in [1.29, 1.82) is 0 Å². The first kappa shape index (κ1) is 17.4. The Morgan fingerprint density at radius 2 is 1.95 bits per heavy atom. The van der Waals surface area contributed by atoms with Crippen LogP contribution in [0.3, 0.4) is 0 Å². The topological polar surface area (TPSA) is 52.6 Å². The second-order valence-corrected chi connectivity index (χ2v) is 11.3. The van der Waals surface area contributed by atoms with Crippen molar-refractivity contribution >= 4 is 20.1 Å². The molecule has 0 aromatic heterocycles. The molecule has 2 rings (SSSR count). The minimum atomic E-state index is -1.70. The zero-order valence-corrected chi connectivity index (χ0v) is 15.1. The first-order chi connectivity index (χ1) is 10.4. The Balaban J connectivity index is 2.18. The van der Waals surface area contributed by atoms with Crippen LogP contribution in [0.5, 0.6) is 0 Å². The second kappa shape index (κ2) is 7.09. The van der Waals surface area contributed by atoms with Crippen molar-refractivity contribution in [2.24, 2.45) is 11.8 Å². The van der Waals surface area contributed by atoms with Crippen LogP contribution in [0.25, 0.3) is 0 Å². The highest BCUT2D eigenvalue weighted by atomic mass is 28.4.